The summed E-state index contributed by atoms with van der Waals surface area (Å²) in [5.74, 6) is -0.640. The van der Waals surface area contributed by atoms with Crippen LogP contribution in [0.5, 0.6) is 0 Å². The van der Waals surface area contributed by atoms with Gasteiger partial charge in [0.15, 0.2) is 0 Å². The monoisotopic (exact) mass is 573 g/mol. The highest BCUT2D eigenvalue weighted by atomic mass is 16.6. The Morgan fingerprint density at radius 2 is 1.48 bits per heavy atom. The molecule has 0 saturated heterocycles. The molecule has 0 radical (unpaired) electrons. The summed E-state index contributed by atoms with van der Waals surface area (Å²) in [5.41, 5.74) is 2.72. The van der Waals surface area contributed by atoms with Crippen molar-refractivity contribution in [1.29, 1.82) is 0 Å². The van der Waals surface area contributed by atoms with Crippen molar-refractivity contribution < 1.29 is 19.1 Å². The number of nitrogens with zero attached hydrogens (tertiary/aromatic N) is 1. The van der Waals surface area contributed by atoms with Gasteiger partial charge in [0.05, 0.1) is 0 Å². The lowest BCUT2D eigenvalue weighted by atomic mass is 9.98. The van der Waals surface area contributed by atoms with Gasteiger partial charge < -0.3 is 20.3 Å². The van der Waals surface area contributed by atoms with E-state index in [1.165, 1.54) is 6.42 Å². The highest BCUT2D eigenvalue weighted by molar-refractivity contribution is 6.00. The van der Waals surface area contributed by atoms with Crippen LogP contribution >= 0.6 is 0 Å². The minimum absolute atomic E-state index is 0.269. The van der Waals surface area contributed by atoms with Crippen molar-refractivity contribution in [1.82, 2.24) is 10.2 Å². The zero-order valence-electron chi connectivity index (χ0n) is 26.1. The summed E-state index contributed by atoms with van der Waals surface area (Å²) in [5, 5.41) is 7.76. The lowest BCUT2D eigenvalue weighted by molar-refractivity contribution is -0.138. The second-order valence-electron chi connectivity index (χ2n) is 12.1. The Hall–Kier alpha value is -3.87. The molecule has 7 nitrogen and oxygen atoms in total. The number of aryl methyl sites for hydroxylation is 2. The first kappa shape index (κ1) is 32.6. The average molecular weight is 574 g/mol. The van der Waals surface area contributed by atoms with Crippen molar-refractivity contribution in [3.63, 3.8) is 0 Å². The molecule has 3 aromatic rings. The number of benzene rings is 3. The molecule has 0 aliphatic rings. The molecule has 3 rings (SSSR count). The normalized spacial score (nSPS) is 12.0. The molecule has 0 fully saturated rings. The molecule has 3 aromatic carbocycles. The van der Waals surface area contributed by atoms with E-state index < -0.39 is 17.7 Å². The number of rotatable bonds is 13. The fourth-order valence-electron chi connectivity index (χ4n) is 5.14. The Morgan fingerprint density at radius 1 is 0.833 bits per heavy atom. The maximum atomic E-state index is 14.1. The molecule has 0 aliphatic heterocycles. The van der Waals surface area contributed by atoms with Gasteiger partial charge in [-0.1, -0.05) is 98.7 Å². The fraction of sp³-hybridized carbons (Fsp3) is 0.457. The quantitative estimate of drug-likeness (QED) is 0.204. The SMILES string of the molecule is CCCCCCCCN(C(=O)CNC(=O)OC(C)(C)C)C(C(=O)Nc1ccc2ccccc2c1)c1cc(C)cc(C)c1. The van der Waals surface area contributed by atoms with Crippen molar-refractivity contribution in [2.45, 2.75) is 91.7 Å². The van der Waals surface area contributed by atoms with Crippen molar-refractivity contribution in [3.8, 4) is 0 Å². The molecule has 3 amide bonds. The number of anilines is 1. The second kappa shape index (κ2) is 15.4. The Morgan fingerprint density at radius 3 is 2.14 bits per heavy atom. The molecular weight excluding hydrogens is 526 g/mol. The number of unbranched alkanes of at least 4 members (excludes halogenated alkanes) is 5. The molecule has 0 saturated carbocycles. The van der Waals surface area contributed by atoms with Gasteiger partial charge in [0.25, 0.3) is 5.91 Å². The van der Waals surface area contributed by atoms with Crippen molar-refractivity contribution in [2.75, 3.05) is 18.4 Å². The number of alkyl carbamates (subject to hydrolysis) is 1. The number of hydrogen-bond donors (Lipinski definition) is 2. The summed E-state index contributed by atoms with van der Waals surface area (Å²) in [6, 6.07) is 18.9. The smallest absolute Gasteiger partial charge is 0.408 e. The molecule has 42 heavy (non-hydrogen) atoms. The van der Waals surface area contributed by atoms with Gasteiger partial charge in [-0.15, -0.1) is 0 Å². The lowest BCUT2D eigenvalue weighted by Crippen LogP contribution is -2.47. The average Bonchev–Trinajstić information content (AvgIpc) is 2.91. The topological polar surface area (TPSA) is 87.7 Å². The number of hydrogen-bond acceptors (Lipinski definition) is 4. The van der Waals surface area contributed by atoms with E-state index >= 15 is 0 Å². The summed E-state index contributed by atoms with van der Waals surface area (Å²) in [6.07, 6.45) is 5.60. The van der Waals surface area contributed by atoms with E-state index in [1.54, 1.807) is 25.7 Å². The van der Waals surface area contributed by atoms with Crippen LogP contribution in [0.2, 0.25) is 0 Å². The predicted octanol–water partition coefficient (Wildman–Crippen LogP) is 7.85. The van der Waals surface area contributed by atoms with Crippen LogP contribution in [0.1, 0.15) is 89.0 Å². The number of ether oxygens (including phenoxy) is 1. The fourth-order valence-corrected chi connectivity index (χ4v) is 5.14. The van der Waals surface area contributed by atoms with Crippen molar-refractivity contribution >= 4 is 34.4 Å². The summed E-state index contributed by atoms with van der Waals surface area (Å²) in [6.45, 7) is 11.6. The molecule has 7 heteroatoms. The van der Waals surface area contributed by atoms with Crippen LogP contribution in [0.4, 0.5) is 10.5 Å². The first-order valence-electron chi connectivity index (χ1n) is 15.1. The zero-order chi connectivity index (χ0) is 30.7. The van der Waals surface area contributed by atoms with E-state index in [0.29, 0.717) is 12.2 Å². The third kappa shape index (κ3) is 10.2. The van der Waals surface area contributed by atoms with Gasteiger partial charge in [-0.25, -0.2) is 4.79 Å². The second-order valence-corrected chi connectivity index (χ2v) is 12.1. The van der Waals surface area contributed by atoms with Gasteiger partial charge in [0, 0.05) is 12.2 Å². The van der Waals surface area contributed by atoms with Crippen LogP contribution in [0.3, 0.4) is 0 Å². The summed E-state index contributed by atoms with van der Waals surface area (Å²) in [7, 11) is 0. The molecule has 0 heterocycles. The maximum Gasteiger partial charge on any atom is 0.408 e. The Labute approximate surface area is 251 Å². The van der Waals surface area contributed by atoms with Crippen molar-refractivity contribution in [2.24, 2.45) is 0 Å². The zero-order valence-corrected chi connectivity index (χ0v) is 26.1. The van der Waals surface area contributed by atoms with Gasteiger partial charge in [0.1, 0.15) is 18.2 Å². The number of carbonyl (C=O) groups excluding carboxylic acids is 3. The van der Waals surface area contributed by atoms with Crippen LogP contribution in [0.25, 0.3) is 10.8 Å². The molecule has 0 aromatic heterocycles. The van der Waals surface area contributed by atoms with Crippen molar-refractivity contribution in [3.05, 3.63) is 77.4 Å². The Bertz CT molecular complexity index is 1340. The van der Waals surface area contributed by atoms with Gasteiger partial charge in [-0.05, 0) is 69.5 Å². The van der Waals surface area contributed by atoms with E-state index in [0.717, 1.165) is 59.6 Å². The number of nitrogens with one attached hydrogen (secondary N) is 2. The molecule has 226 valence electrons. The van der Waals surface area contributed by atoms with E-state index in [9.17, 15) is 14.4 Å². The van der Waals surface area contributed by atoms with Gasteiger partial charge in [0.2, 0.25) is 5.91 Å². The number of carbonyl (C=O) groups is 3. The highest BCUT2D eigenvalue weighted by Gasteiger charge is 2.32. The standard InChI is InChI=1S/C35H47N3O4/c1-7-8-9-10-11-14-19-38(31(39)24-36-34(41)42-35(4,5)6)32(29-21-25(2)20-26(3)22-29)33(40)37-30-18-17-27-15-12-13-16-28(27)23-30/h12-13,15-18,20-23,32H,7-11,14,19,24H2,1-6H3,(H,36,41)(H,37,40). The Kier molecular flexibility index (Phi) is 12.0. The first-order valence-corrected chi connectivity index (χ1v) is 15.1. The third-order valence-electron chi connectivity index (χ3n) is 6.99. The van der Waals surface area contributed by atoms with Crippen LogP contribution in [0.15, 0.2) is 60.7 Å². The van der Waals surface area contributed by atoms with E-state index in [-0.39, 0.29) is 18.4 Å². The van der Waals surface area contributed by atoms with Crippen LogP contribution < -0.4 is 10.6 Å². The Balaban J connectivity index is 1.92. The van der Waals surface area contributed by atoms with Crippen LogP contribution in [0, 0.1) is 13.8 Å². The lowest BCUT2D eigenvalue weighted by Gasteiger charge is -2.32. The highest BCUT2D eigenvalue weighted by Crippen LogP contribution is 2.27. The minimum atomic E-state index is -0.876. The van der Waals surface area contributed by atoms with Gasteiger partial charge >= 0.3 is 6.09 Å². The number of fused-ring (bicyclic) bond motifs is 1. The molecule has 0 aliphatic carbocycles. The molecule has 0 spiro atoms. The molecule has 2 N–H and O–H groups in total. The van der Waals surface area contributed by atoms with E-state index in [1.807, 2.05) is 74.5 Å². The van der Waals surface area contributed by atoms with Gasteiger partial charge in [-0.2, -0.15) is 0 Å². The molecule has 1 unspecified atom stereocenters. The maximum absolute atomic E-state index is 14.1. The molecular formula is C35H47N3O4. The third-order valence-corrected chi connectivity index (χ3v) is 6.99. The van der Waals surface area contributed by atoms with E-state index in [4.69, 9.17) is 4.74 Å². The molecule has 1 atom stereocenters. The van der Waals surface area contributed by atoms with Gasteiger partial charge in [-0.3, -0.25) is 9.59 Å². The largest absolute Gasteiger partial charge is 0.444 e. The first-order chi connectivity index (χ1) is 20.0. The molecule has 0 bridgehead atoms. The van der Waals surface area contributed by atoms with E-state index in [2.05, 4.69) is 17.6 Å². The summed E-state index contributed by atoms with van der Waals surface area (Å²) < 4.78 is 5.34. The van der Waals surface area contributed by atoms with Crippen LogP contribution in [-0.2, 0) is 14.3 Å². The number of amides is 3. The minimum Gasteiger partial charge on any atom is -0.444 e. The summed E-state index contributed by atoms with van der Waals surface area (Å²) in [4.78, 5) is 41.9. The van der Waals surface area contributed by atoms with Crippen LogP contribution in [-0.4, -0.2) is 41.5 Å². The summed E-state index contributed by atoms with van der Waals surface area (Å²) >= 11 is 0. The predicted molar refractivity (Wildman–Crippen MR) is 171 cm³/mol.